The van der Waals surface area contributed by atoms with E-state index >= 15 is 0 Å². The molecule has 1 N–H and O–H groups in total. The molecule has 0 saturated heterocycles. The molecule has 0 aliphatic heterocycles. The van der Waals surface area contributed by atoms with Gasteiger partial charge in [0.1, 0.15) is 10.3 Å². The molecular weight excluding hydrogens is 320 g/mol. The van der Waals surface area contributed by atoms with E-state index in [-0.39, 0.29) is 4.21 Å². The van der Waals surface area contributed by atoms with Gasteiger partial charge in [0.15, 0.2) is 0 Å². The first kappa shape index (κ1) is 16.7. The van der Waals surface area contributed by atoms with Crippen LogP contribution in [-0.4, -0.2) is 32.8 Å². The number of rotatable bonds is 6. The van der Waals surface area contributed by atoms with Crippen molar-refractivity contribution in [3.8, 4) is 0 Å². The molecule has 1 heterocycles. The van der Waals surface area contributed by atoms with Gasteiger partial charge in [0.2, 0.25) is 0 Å². The Bertz CT molecular complexity index is 713. The molecule has 1 amide bonds. The summed E-state index contributed by atoms with van der Waals surface area (Å²) in [6.45, 7) is 2.53. The Morgan fingerprint density at radius 2 is 1.91 bits per heavy atom. The number of nitrogens with zero attached hydrogens (tertiary/aromatic N) is 1. The molecule has 1 aromatic carbocycles. The number of benzene rings is 1. The lowest BCUT2D eigenvalue weighted by atomic mass is 10.1. The number of carbonyl (C=O) groups excluding carboxylic acids is 1. The SMILES string of the molecule is CCN(C)C(C(=O)NS(=O)(=O)c1cccs1)c1ccccc1. The average molecular weight is 338 g/mol. The average Bonchev–Trinajstić information content (AvgIpc) is 3.03. The van der Waals surface area contributed by atoms with Gasteiger partial charge >= 0.3 is 0 Å². The summed E-state index contributed by atoms with van der Waals surface area (Å²) < 4.78 is 26.7. The first-order chi connectivity index (χ1) is 10.5. The van der Waals surface area contributed by atoms with Gasteiger partial charge in [-0.2, -0.15) is 0 Å². The second-order valence-corrected chi connectivity index (χ2v) is 7.65. The zero-order valence-corrected chi connectivity index (χ0v) is 14.0. The van der Waals surface area contributed by atoms with Crippen LogP contribution >= 0.6 is 11.3 Å². The number of amides is 1. The zero-order valence-electron chi connectivity index (χ0n) is 12.4. The number of carbonyl (C=O) groups is 1. The number of sulfonamides is 1. The van der Waals surface area contributed by atoms with Crippen LogP contribution in [0.5, 0.6) is 0 Å². The number of hydrogen-bond acceptors (Lipinski definition) is 5. The Hall–Kier alpha value is -1.70. The van der Waals surface area contributed by atoms with E-state index in [4.69, 9.17) is 0 Å². The van der Waals surface area contributed by atoms with Crippen LogP contribution in [0.15, 0.2) is 52.1 Å². The van der Waals surface area contributed by atoms with E-state index in [1.54, 1.807) is 23.4 Å². The molecule has 0 saturated carbocycles. The number of hydrogen-bond donors (Lipinski definition) is 1. The van der Waals surface area contributed by atoms with E-state index in [0.717, 1.165) is 16.9 Å². The van der Waals surface area contributed by atoms with Gasteiger partial charge in [-0.3, -0.25) is 9.69 Å². The van der Waals surface area contributed by atoms with Crippen LogP contribution in [0.1, 0.15) is 18.5 Å². The van der Waals surface area contributed by atoms with Crippen molar-refractivity contribution in [2.75, 3.05) is 13.6 Å². The fraction of sp³-hybridized carbons (Fsp3) is 0.267. The van der Waals surface area contributed by atoms with Crippen molar-refractivity contribution in [1.82, 2.24) is 9.62 Å². The lowest BCUT2D eigenvalue weighted by Crippen LogP contribution is -2.41. The minimum atomic E-state index is -3.82. The molecule has 2 aromatic rings. The highest BCUT2D eigenvalue weighted by molar-refractivity contribution is 7.92. The van der Waals surface area contributed by atoms with Crippen LogP contribution in [0.3, 0.4) is 0 Å². The molecule has 0 radical (unpaired) electrons. The quantitative estimate of drug-likeness (QED) is 0.877. The highest BCUT2D eigenvalue weighted by Crippen LogP contribution is 2.21. The molecule has 1 aromatic heterocycles. The van der Waals surface area contributed by atoms with Gasteiger partial charge in [0.05, 0.1) is 0 Å². The molecule has 0 spiro atoms. The fourth-order valence-corrected chi connectivity index (χ4v) is 4.06. The van der Waals surface area contributed by atoms with Crippen molar-refractivity contribution in [3.05, 3.63) is 53.4 Å². The molecule has 7 heteroatoms. The van der Waals surface area contributed by atoms with E-state index in [1.165, 1.54) is 6.07 Å². The summed E-state index contributed by atoms with van der Waals surface area (Å²) in [5.41, 5.74) is 0.755. The number of thiophene rings is 1. The molecule has 5 nitrogen and oxygen atoms in total. The Balaban J connectivity index is 2.27. The predicted molar refractivity (Wildman–Crippen MR) is 87.1 cm³/mol. The van der Waals surface area contributed by atoms with E-state index in [1.807, 2.05) is 37.3 Å². The van der Waals surface area contributed by atoms with Crippen molar-refractivity contribution in [2.45, 2.75) is 17.2 Å². The van der Waals surface area contributed by atoms with Crippen molar-refractivity contribution >= 4 is 27.3 Å². The summed E-state index contributed by atoms with van der Waals surface area (Å²) in [6.07, 6.45) is 0. The van der Waals surface area contributed by atoms with Gasteiger partial charge in [-0.1, -0.05) is 43.3 Å². The molecule has 0 aliphatic rings. The summed E-state index contributed by atoms with van der Waals surface area (Å²) in [6, 6.07) is 11.6. The molecule has 0 aliphatic carbocycles. The molecule has 0 fully saturated rings. The van der Waals surface area contributed by atoms with Crippen LogP contribution in [0.25, 0.3) is 0 Å². The van der Waals surface area contributed by atoms with Gasteiger partial charge < -0.3 is 0 Å². The zero-order chi connectivity index (χ0) is 16.2. The van der Waals surface area contributed by atoms with Crippen LogP contribution in [0.4, 0.5) is 0 Å². The minimum Gasteiger partial charge on any atom is -0.292 e. The van der Waals surface area contributed by atoms with Crippen LogP contribution in [-0.2, 0) is 14.8 Å². The fourth-order valence-electron chi connectivity index (χ4n) is 2.08. The van der Waals surface area contributed by atoms with Crippen LogP contribution < -0.4 is 4.72 Å². The van der Waals surface area contributed by atoms with E-state index in [9.17, 15) is 13.2 Å². The van der Waals surface area contributed by atoms with E-state index in [0.29, 0.717) is 6.54 Å². The van der Waals surface area contributed by atoms with E-state index < -0.39 is 22.0 Å². The molecule has 1 atom stereocenters. The monoisotopic (exact) mass is 338 g/mol. The Morgan fingerprint density at radius 1 is 1.23 bits per heavy atom. The highest BCUT2D eigenvalue weighted by Gasteiger charge is 2.28. The second kappa shape index (κ2) is 7.04. The summed E-state index contributed by atoms with van der Waals surface area (Å²) in [7, 11) is -2.03. The van der Waals surface area contributed by atoms with E-state index in [2.05, 4.69) is 4.72 Å². The lowest BCUT2D eigenvalue weighted by Gasteiger charge is -2.26. The lowest BCUT2D eigenvalue weighted by molar-refractivity contribution is -0.124. The maximum Gasteiger partial charge on any atom is 0.273 e. The molecule has 0 bridgehead atoms. The van der Waals surface area contributed by atoms with Crippen LogP contribution in [0, 0.1) is 0 Å². The van der Waals surface area contributed by atoms with Gasteiger partial charge in [0.25, 0.3) is 15.9 Å². The third kappa shape index (κ3) is 3.73. The summed E-state index contributed by atoms with van der Waals surface area (Å²) in [4.78, 5) is 14.3. The third-order valence-electron chi connectivity index (χ3n) is 3.30. The molecule has 2 rings (SSSR count). The van der Waals surface area contributed by atoms with Gasteiger partial charge in [-0.25, -0.2) is 13.1 Å². The third-order valence-corrected chi connectivity index (χ3v) is 6.04. The smallest absolute Gasteiger partial charge is 0.273 e. The topological polar surface area (TPSA) is 66.5 Å². The van der Waals surface area contributed by atoms with Crippen molar-refractivity contribution in [1.29, 1.82) is 0 Å². The number of nitrogens with one attached hydrogen (secondary N) is 1. The molecule has 22 heavy (non-hydrogen) atoms. The van der Waals surface area contributed by atoms with Gasteiger partial charge in [-0.05, 0) is 30.6 Å². The second-order valence-electron chi connectivity index (χ2n) is 4.79. The Labute approximate surface area is 134 Å². The highest BCUT2D eigenvalue weighted by atomic mass is 32.2. The summed E-state index contributed by atoms with van der Waals surface area (Å²) in [5, 5.41) is 1.66. The predicted octanol–water partition coefficient (Wildman–Crippen LogP) is 2.25. The maximum atomic E-state index is 12.5. The van der Waals surface area contributed by atoms with Crippen molar-refractivity contribution < 1.29 is 13.2 Å². The number of likely N-dealkylation sites (N-methyl/N-ethyl adjacent to an activating group) is 1. The first-order valence-corrected chi connectivity index (χ1v) is 9.17. The largest absolute Gasteiger partial charge is 0.292 e. The minimum absolute atomic E-state index is 0.131. The van der Waals surface area contributed by atoms with Gasteiger partial charge in [0, 0.05) is 0 Å². The van der Waals surface area contributed by atoms with Crippen molar-refractivity contribution in [2.24, 2.45) is 0 Å². The van der Waals surface area contributed by atoms with Crippen LogP contribution in [0.2, 0.25) is 0 Å². The summed E-state index contributed by atoms with van der Waals surface area (Å²) in [5.74, 6) is -0.552. The normalized spacial score (nSPS) is 13.0. The summed E-state index contributed by atoms with van der Waals surface area (Å²) >= 11 is 1.08. The molecule has 118 valence electrons. The molecule has 1 unspecified atom stereocenters. The maximum absolute atomic E-state index is 12.5. The van der Waals surface area contributed by atoms with Crippen molar-refractivity contribution in [3.63, 3.8) is 0 Å². The molecular formula is C15H18N2O3S2. The standard InChI is InChI=1S/C15H18N2O3S2/c1-3-17(2)14(12-8-5-4-6-9-12)15(18)16-22(19,20)13-10-7-11-21-13/h4-11,14H,3H2,1-2H3,(H,16,18). The Kier molecular flexibility index (Phi) is 5.33. The first-order valence-electron chi connectivity index (χ1n) is 6.81. The van der Waals surface area contributed by atoms with Gasteiger partial charge in [-0.15, -0.1) is 11.3 Å². The Morgan fingerprint density at radius 3 is 2.45 bits per heavy atom.